The molecule has 1 fully saturated rings. The molecule has 24 heavy (non-hydrogen) atoms. The summed E-state index contributed by atoms with van der Waals surface area (Å²) in [6.07, 6.45) is 3.22. The van der Waals surface area contributed by atoms with Crippen LogP contribution in [-0.4, -0.2) is 41.1 Å². The van der Waals surface area contributed by atoms with Gasteiger partial charge in [0.05, 0.1) is 13.0 Å². The fraction of sp³-hybridized carbons (Fsp3) is 0.500. The van der Waals surface area contributed by atoms with Gasteiger partial charge in [0.25, 0.3) is 0 Å². The van der Waals surface area contributed by atoms with Crippen molar-refractivity contribution in [3.63, 3.8) is 0 Å². The Morgan fingerprint density at radius 1 is 1.38 bits per heavy atom. The number of carbonyl (C=O) groups excluding carboxylic acids is 1. The van der Waals surface area contributed by atoms with Crippen molar-refractivity contribution in [2.24, 2.45) is 0 Å². The highest BCUT2D eigenvalue weighted by atomic mass is 16.5. The molecule has 3 rings (SSSR count). The fourth-order valence-electron chi connectivity index (χ4n) is 3.09. The van der Waals surface area contributed by atoms with Crippen molar-refractivity contribution in [2.45, 2.75) is 38.5 Å². The van der Waals surface area contributed by atoms with Crippen molar-refractivity contribution >= 4 is 5.91 Å². The number of likely N-dealkylation sites (tertiary alicyclic amines) is 1. The number of carbonyl (C=O) groups is 1. The molecule has 1 aromatic heterocycles. The second kappa shape index (κ2) is 7.47. The van der Waals surface area contributed by atoms with Gasteiger partial charge >= 0.3 is 0 Å². The van der Waals surface area contributed by atoms with Crippen LogP contribution in [0.15, 0.2) is 28.8 Å². The van der Waals surface area contributed by atoms with E-state index in [0.717, 1.165) is 37.1 Å². The Labute approximate surface area is 141 Å². The van der Waals surface area contributed by atoms with Gasteiger partial charge in [-0.3, -0.25) is 4.79 Å². The number of amides is 1. The molecule has 2 heterocycles. The first-order chi connectivity index (χ1) is 11.7. The molecule has 1 amide bonds. The Balaban J connectivity index is 1.54. The normalized spacial score (nSPS) is 17.8. The van der Waals surface area contributed by atoms with Crippen molar-refractivity contribution in [1.29, 1.82) is 0 Å². The quantitative estimate of drug-likeness (QED) is 0.843. The molecule has 128 valence electrons. The van der Waals surface area contributed by atoms with Gasteiger partial charge in [-0.15, -0.1) is 0 Å². The zero-order chi connectivity index (χ0) is 16.9. The van der Waals surface area contributed by atoms with E-state index in [-0.39, 0.29) is 11.8 Å². The van der Waals surface area contributed by atoms with E-state index in [1.54, 1.807) is 7.11 Å². The molecule has 0 saturated carbocycles. The molecular weight excluding hydrogens is 306 g/mol. The van der Waals surface area contributed by atoms with E-state index in [1.165, 1.54) is 0 Å². The van der Waals surface area contributed by atoms with Crippen LogP contribution in [0.2, 0.25) is 0 Å². The lowest BCUT2D eigenvalue weighted by molar-refractivity contribution is -0.132. The summed E-state index contributed by atoms with van der Waals surface area (Å²) in [5.74, 6) is 2.48. The van der Waals surface area contributed by atoms with Crippen LogP contribution in [0.3, 0.4) is 0 Å². The van der Waals surface area contributed by atoms with Crippen LogP contribution >= 0.6 is 0 Å². The first-order valence-corrected chi connectivity index (χ1v) is 8.36. The van der Waals surface area contributed by atoms with Crippen molar-refractivity contribution in [1.82, 2.24) is 15.0 Å². The number of methoxy groups -OCH3 is 1. The molecule has 1 aromatic carbocycles. The van der Waals surface area contributed by atoms with Gasteiger partial charge in [-0.25, -0.2) is 0 Å². The predicted octanol–water partition coefficient (Wildman–Crippen LogP) is 2.73. The maximum Gasteiger partial charge on any atom is 0.231 e. The van der Waals surface area contributed by atoms with E-state index in [1.807, 2.05) is 36.1 Å². The second-order valence-electron chi connectivity index (χ2n) is 6.21. The van der Waals surface area contributed by atoms with E-state index in [2.05, 4.69) is 10.1 Å². The van der Waals surface area contributed by atoms with Gasteiger partial charge in [0, 0.05) is 19.5 Å². The van der Waals surface area contributed by atoms with E-state index in [4.69, 9.17) is 9.26 Å². The number of aromatic nitrogens is 2. The summed E-state index contributed by atoms with van der Waals surface area (Å²) >= 11 is 0. The molecule has 0 aliphatic carbocycles. The number of nitrogens with zero attached hydrogens (tertiary/aromatic N) is 3. The molecule has 0 N–H and O–H groups in total. The van der Waals surface area contributed by atoms with Crippen LogP contribution in [0.25, 0.3) is 0 Å². The summed E-state index contributed by atoms with van der Waals surface area (Å²) in [5, 5.41) is 3.85. The van der Waals surface area contributed by atoms with Gasteiger partial charge in [-0.05, 0) is 43.9 Å². The third-order valence-electron chi connectivity index (χ3n) is 4.45. The molecule has 6 nitrogen and oxygen atoms in total. The number of piperidine rings is 1. The van der Waals surface area contributed by atoms with E-state index < -0.39 is 0 Å². The summed E-state index contributed by atoms with van der Waals surface area (Å²) < 4.78 is 10.4. The first kappa shape index (κ1) is 16.5. The maximum atomic E-state index is 12.5. The molecule has 1 saturated heterocycles. The van der Waals surface area contributed by atoms with Gasteiger partial charge in [0.2, 0.25) is 11.8 Å². The zero-order valence-corrected chi connectivity index (χ0v) is 14.2. The SMILES string of the molecule is COc1ccc(CCC(=O)N2CCCC(c3nc(C)no3)C2)cc1. The molecule has 0 radical (unpaired) electrons. The van der Waals surface area contributed by atoms with Crippen molar-refractivity contribution in [3.05, 3.63) is 41.5 Å². The predicted molar refractivity (Wildman–Crippen MR) is 88.9 cm³/mol. The summed E-state index contributed by atoms with van der Waals surface area (Å²) in [6, 6.07) is 7.86. The van der Waals surface area contributed by atoms with E-state index >= 15 is 0 Å². The van der Waals surface area contributed by atoms with Crippen LogP contribution < -0.4 is 4.74 Å². The van der Waals surface area contributed by atoms with E-state index in [9.17, 15) is 4.79 Å². The number of benzene rings is 1. The third kappa shape index (κ3) is 3.93. The minimum atomic E-state index is 0.157. The van der Waals surface area contributed by atoms with Crippen LogP contribution in [-0.2, 0) is 11.2 Å². The van der Waals surface area contributed by atoms with Crippen LogP contribution in [0, 0.1) is 6.92 Å². The van der Waals surface area contributed by atoms with Gasteiger partial charge < -0.3 is 14.2 Å². The van der Waals surface area contributed by atoms with Gasteiger partial charge in [0.15, 0.2) is 5.82 Å². The molecule has 0 bridgehead atoms. The Bertz CT molecular complexity index is 681. The molecular formula is C18H23N3O3. The number of aryl methyl sites for hydroxylation is 2. The molecule has 2 aromatic rings. The molecule has 1 aliphatic heterocycles. The number of hydrogen-bond acceptors (Lipinski definition) is 5. The Hall–Kier alpha value is -2.37. The average molecular weight is 329 g/mol. The Morgan fingerprint density at radius 3 is 2.83 bits per heavy atom. The number of ether oxygens (including phenoxy) is 1. The molecule has 1 aliphatic rings. The topological polar surface area (TPSA) is 68.5 Å². The highest BCUT2D eigenvalue weighted by Gasteiger charge is 2.27. The highest BCUT2D eigenvalue weighted by Crippen LogP contribution is 2.26. The first-order valence-electron chi connectivity index (χ1n) is 8.36. The van der Waals surface area contributed by atoms with Crippen molar-refractivity contribution in [2.75, 3.05) is 20.2 Å². The van der Waals surface area contributed by atoms with Crippen molar-refractivity contribution < 1.29 is 14.1 Å². The molecule has 0 spiro atoms. The minimum absolute atomic E-state index is 0.157. The summed E-state index contributed by atoms with van der Waals surface area (Å²) in [4.78, 5) is 18.7. The standard InChI is InChI=1S/C18H23N3O3/c1-13-19-18(24-20-13)15-4-3-11-21(12-15)17(22)10-7-14-5-8-16(23-2)9-6-14/h5-6,8-9,15H,3-4,7,10-12H2,1-2H3. The smallest absolute Gasteiger partial charge is 0.231 e. The lowest BCUT2D eigenvalue weighted by Crippen LogP contribution is -2.39. The monoisotopic (exact) mass is 329 g/mol. The number of hydrogen-bond donors (Lipinski definition) is 0. The van der Waals surface area contributed by atoms with Gasteiger partial charge in [0.1, 0.15) is 5.75 Å². The summed E-state index contributed by atoms with van der Waals surface area (Å²) in [7, 11) is 1.65. The molecule has 1 atom stereocenters. The molecule has 1 unspecified atom stereocenters. The lowest BCUT2D eigenvalue weighted by Gasteiger charge is -2.31. The summed E-state index contributed by atoms with van der Waals surface area (Å²) in [5.41, 5.74) is 1.14. The summed E-state index contributed by atoms with van der Waals surface area (Å²) in [6.45, 7) is 3.29. The maximum absolute atomic E-state index is 12.5. The lowest BCUT2D eigenvalue weighted by atomic mass is 9.97. The van der Waals surface area contributed by atoms with E-state index in [0.29, 0.717) is 24.7 Å². The number of rotatable bonds is 5. The zero-order valence-electron chi connectivity index (χ0n) is 14.2. The Morgan fingerprint density at radius 2 is 2.17 bits per heavy atom. The third-order valence-corrected chi connectivity index (χ3v) is 4.45. The average Bonchev–Trinajstić information content (AvgIpc) is 3.06. The van der Waals surface area contributed by atoms with Crippen LogP contribution in [0.5, 0.6) is 5.75 Å². The van der Waals surface area contributed by atoms with Crippen molar-refractivity contribution in [3.8, 4) is 5.75 Å². The highest BCUT2D eigenvalue weighted by molar-refractivity contribution is 5.76. The fourth-order valence-corrected chi connectivity index (χ4v) is 3.09. The van der Waals surface area contributed by atoms with Crippen LogP contribution in [0.1, 0.15) is 42.5 Å². The Kier molecular flexibility index (Phi) is 5.13. The minimum Gasteiger partial charge on any atom is -0.497 e. The molecule has 6 heteroatoms. The largest absolute Gasteiger partial charge is 0.497 e. The second-order valence-corrected chi connectivity index (χ2v) is 6.21. The van der Waals surface area contributed by atoms with Gasteiger partial charge in [-0.1, -0.05) is 17.3 Å². The van der Waals surface area contributed by atoms with Crippen LogP contribution in [0.4, 0.5) is 0 Å². The van der Waals surface area contributed by atoms with Gasteiger partial charge in [-0.2, -0.15) is 4.98 Å².